The Morgan fingerprint density at radius 1 is 1.25 bits per heavy atom. The van der Waals surface area contributed by atoms with Crippen LogP contribution in [0.1, 0.15) is 10.4 Å². The number of carboxylic acid groups (broad SMARTS) is 1. The number of hydrogen-bond acceptors (Lipinski definition) is 3. The van der Waals surface area contributed by atoms with E-state index in [1.807, 2.05) is 0 Å². The van der Waals surface area contributed by atoms with E-state index in [4.69, 9.17) is 9.84 Å². The second kappa shape index (κ2) is 6.29. The molecule has 0 aliphatic carbocycles. The molecule has 0 radical (unpaired) electrons. The van der Waals surface area contributed by atoms with Gasteiger partial charge in [-0.15, -0.1) is 11.3 Å². The lowest BCUT2D eigenvalue weighted by molar-refractivity contribution is -0.131. The minimum absolute atomic E-state index is 0.110. The predicted octanol–water partition coefficient (Wildman–Crippen LogP) is 3.70. The largest absolute Gasteiger partial charge is 0.488 e. The molecule has 0 saturated heterocycles. The van der Waals surface area contributed by atoms with Crippen molar-refractivity contribution < 1.29 is 23.4 Å². The molecular weight excluding hydrogens is 286 g/mol. The highest BCUT2D eigenvalue weighted by Crippen LogP contribution is 2.20. The minimum Gasteiger partial charge on any atom is -0.488 e. The van der Waals surface area contributed by atoms with E-state index < -0.39 is 17.6 Å². The van der Waals surface area contributed by atoms with Crippen LogP contribution >= 0.6 is 11.3 Å². The molecule has 0 unspecified atom stereocenters. The van der Waals surface area contributed by atoms with Crippen molar-refractivity contribution in [2.24, 2.45) is 0 Å². The summed E-state index contributed by atoms with van der Waals surface area (Å²) in [4.78, 5) is 11.2. The van der Waals surface area contributed by atoms with Gasteiger partial charge in [-0.25, -0.2) is 13.6 Å². The molecule has 20 heavy (non-hydrogen) atoms. The molecule has 2 rings (SSSR count). The van der Waals surface area contributed by atoms with Crippen LogP contribution < -0.4 is 4.74 Å². The second-order valence-electron chi connectivity index (χ2n) is 3.91. The van der Waals surface area contributed by atoms with Crippen LogP contribution in [0.5, 0.6) is 5.75 Å². The van der Waals surface area contributed by atoms with Gasteiger partial charge >= 0.3 is 5.97 Å². The number of thiophene rings is 1. The van der Waals surface area contributed by atoms with Crippen molar-refractivity contribution in [3.63, 3.8) is 0 Å². The van der Waals surface area contributed by atoms with Gasteiger partial charge in [0.1, 0.15) is 24.0 Å². The van der Waals surface area contributed by atoms with Gasteiger partial charge < -0.3 is 9.84 Å². The molecule has 6 heteroatoms. The second-order valence-corrected chi connectivity index (χ2v) is 4.91. The van der Waals surface area contributed by atoms with Gasteiger partial charge in [-0.05, 0) is 23.1 Å². The van der Waals surface area contributed by atoms with E-state index >= 15 is 0 Å². The molecule has 1 aromatic carbocycles. The summed E-state index contributed by atoms with van der Waals surface area (Å²) in [5.74, 6) is -2.31. The van der Waals surface area contributed by atoms with Crippen LogP contribution in [0.25, 0.3) is 6.08 Å². The minimum atomic E-state index is -1.02. The van der Waals surface area contributed by atoms with Crippen molar-refractivity contribution in [3.8, 4) is 5.75 Å². The molecule has 0 bridgehead atoms. The fourth-order valence-corrected chi connectivity index (χ4v) is 2.26. The number of ether oxygens (including phenoxy) is 1. The molecule has 0 aliphatic heterocycles. The van der Waals surface area contributed by atoms with E-state index in [1.165, 1.54) is 17.4 Å². The summed E-state index contributed by atoms with van der Waals surface area (Å²) < 4.78 is 31.2. The average Bonchev–Trinajstić information content (AvgIpc) is 2.81. The maximum absolute atomic E-state index is 13.0. The molecule has 1 N–H and O–H groups in total. The van der Waals surface area contributed by atoms with Crippen LogP contribution in [0.4, 0.5) is 8.78 Å². The normalized spacial score (nSPS) is 10.9. The van der Waals surface area contributed by atoms with Gasteiger partial charge in [0, 0.05) is 29.2 Å². The zero-order valence-corrected chi connectivity index (χ0v) is 11.0. The smallest absolute Gasteiger partial charge is 0.328 e. The third-order valence-electron chi connectivity index (χ3n) is 2.31. The van der Waals surface area contributed by atoms with Crippen LogP contribution in [0.2, 0.25) is 0 Å². The Morgan fingerprint density at radius 2 is 1.95 bits per heavy atom. The topological polar surface area (TPSA) is 46.5 Å². The molecule has 0 saturated carbocycles. The lowest BCUT2D eigenvalue weighted by Gasteiger charge is -2.04. The third kappa shape index (κ3) is 4.17. The number of rotatable bonds is 5. The number of benzene rings is 1. The maximum Gasteiger partial charge on any atom is 0.328 e. The molecule has 2 aromatic rings. The molecule has 0 atom stereocenters. The summed E-state index contributed by atoms with van der Waals surface area (Å²) in [6, 6.07) is 4.72. The summed E-state index contributed by atoms with van der Waals surface area (Å²) in [6.45, 7) is 0.161. The zero-order chi connectivity index (χ0) is 14.5. The van der Waals surface area contributed by atoms with Crippen LogP contribution in [0, 0.1) is 11.6 Å². The monoisotopic (exact) mass is 296 g/mol. The molecule has 0 spiro atoms. The Hall–Kier alpha value is -2.21. The van der Waals surface area contributed by atoms with Gasteiger partial charge in [0.05, 0.1) is 0 Å². The SMILES string of the molecule is O=C(O)C=Cc1csc(COc2cc(F)cc(F)c2)c1. The summed E-state index contributed by atoms with van der Waals surface area (Å²) >= 11 is 1.37. The Kier molecular flexibility index (Phi) is 4.47. The molecule has 3 nitrogen and oxygen atoms in total. The first-order valence-electron chi connectivity index (χ1n) is 5.60. The van der Waals surface area contributed by atoms with Gasteiger partial charge in [0.2, 0.25) is 0 Å². The first-order valence-corrected chi connectivity index (χ1v) is 6.48. The van der Waals surface area contributed by atoms with Crippen LogP contribution in [-0.4, -0.2) is 11.1 Å². The van der Waals surface area contributed by atoms with Crippen molar-refractivity contribution in [2.45, 2.75) is 6.61 Å². The first kappa shape index (κ1) is 14.2. The van der Waals surface area contributed by atoms with Crippen molar-refractivity contribution in [3.05, 3.63) is 57.8 Å². The van der Waals surface area contributed by atoms with E-state index in [-0.39, 0.29) is 12.4 Å². The van der Waals surface area contributed by atoms with Crippen LogP contribution in [0.15, 0.2) is 35.7 Å². The third-order valence-corrected chi connectivity index (χ3v) is 3.24. The number of halogens is 2. The highest BCUT2D eigenvalue weighted by atomic mass is 32.1. The molecule has 1 heterocycles. The lowest BCUT2D eigenvalue weighted by atomic mass is 10.3. The van der Waals surface area contributed by atoms with Crippen molar-refractivity contribution in [2.75, 3.05) is 0 Å². The fourth-order valence-electron chi connectivity index (χ4n) is 1.49. The number of carbonyl (C=O) groups is 1. The lowest BCUT2D eigenvalue weighted by Crippen LogP contribution is -1.94. The van der Waals surface area contributed by atoms with Gasteiger partial charge in [0.25, 0.3) is 0 Å². The van der Waals surface area contributed by atoms with Crippen molar-refractivity contribution in [1.29, 1.82) is 0 Å². The standard InChI is InChI=1S/C14H10F2O3S/c15-10-4-11(16)6-12(5-10)19-7-13-3-9(8-20-13)1-2-14(17)18/h1-6,8H,7H2,(H,17,18). The zero-order valence-electron chi connectivity index (χ0n) is 10.2. The summed E-state index contributed by atoms with van der Waals surface area (Å²) in [5, 5.41) is 10.3. The Labute approximate surface area is 117 Å². The van der Waals surface area contributed by atoms with Crippen molar-refractivity contribution in [1.82, 2.24) is 0 Å². The summed E-state index contributed by atoms with van der Waals surface area (Å²) in [7, 11) is 0. The van der Waals surface area contributed by atoms with E-state index in [1.54, 1.807) is 11.4 Å². The summed E-state index contributed by atoms with van der Waals surface area (Å²) in [5.41, 5.74) is 0.737. The number of aliphatic carboxylic acids is 1. The van der Waals surface area contributed by atoms with Gasteiger partial charge in [-0.2, -0.15) is 0 Å². The highest BCUT2D eigenvalue weighted by molar-refractivity contribution is 7.10. The number of hydrogen-bond donors (Lipinski definition) is 1. The van der Waals surface area contributed by atoms with E-state index in [9.17, 15) is 13.6 Å². The van der Waals surface area contributed by atoms with Crippen molar-refractivity contribution >= 4 is 23.4 Å². The predicted molar refractivity (Wildman–Crippen MR) is 71.7 cm³/mol. The maximum atomic E-state index is 13.0. The van der Waals surface area contributed by atoms with E-state index in [0.717, 1.165) is 34.7 Å². The van der Waals surface area contributed by atoms with E-state index in [2.05, 4.69) is 0 Å². The quantitative estimate of drug-likeness (QED) is 0.856. The Morgan fingerprint density at radius 3 is 2.60 bits per heavy atom. The van der Waals surface area contributed by atoms with Gasteiger partial charge in [-0.3, -0.25) is 0 Å². The Balaban J connectivity index is 1.99. The van der Waals surface area contributed by atoms with Gasteiger partial charge in [0.15, 0.2) is 0 Å². The van der Waals surface area contributed by atoms with Crippen LogP contribution in [0.3, 0.4) is 0 Å². The molecular formula is C14H10F2O3S. The number of carboxylic acids is 1. The molecule has 0 aliphatic rings. The Bertz CT molecular complexity index is 629. The molecule has 104 valence electrons. The molecule has 0 fully saturated rings. The van der Waals surface area contributed by atoms with Gasteiger partial charge in [-0.1, -0.05) is 0 Å². The summed E-state index contributed by atoms with van der Waals surface area (Å²) in [6.07, 6.45) is 2.50. The van der Waals surface area contributed by atoms with E-state index in [0.29, 0.717) is 0 Å². The fraction of sp³-hybridized carbons (Fsp3) is 0.0714. The van der Waals surface area contributed by atoms with Crippen LogP contribution in [-0.2, 0) is 11.4 Å². The molecule has 1 aromatic heterocycles. The molecule has 0 amide bonds. The first-order chi connectivity index (χ1) is 9.52. The highest BCUT2D eigenvalue weighted by Gasteiger charge is 2.03. The average molecular weight is 296 g/mol.